The average molecular weight is 376 g/mol. The number of amides is 1. The molecule has 0 aliphatic rings. The standard InChI is InChI=1S/C20H22ClNO4/c1-14(16-4-2-5-17(21)12-16)20(25)22-13-15-7-9-18(10-8-15)26-11-3-6-19(23)24/h2,4-5,7-10,12,14H,3,6,11,13H2,1H3,(H,22,25)(H,23,24). The van der Waals surface area contributed by atoms with Crippen LogP contribution in [0.15, 0.2) is 48.5 Å². The number of carbonyl (C=O) groups excluding carboxylic acids is 1. The Morgan fingerprint density at radius 1 is 1.19 bits per heavy atom. The minimum absolute atomic E-state index is 0.0683. The van der Waals surface area contributed by atoms with Crippen molar-refractivity contribution in [2.24, 2.45) is 0 Å². The molecule has 0 radical (unpaired) electrons. The highest BCUT2D eigenvalue weighted by Crippen LogP contribution is 2.20. The third kappa shape index (κ3) is 6.41. The molecule has 0 aromatic heterocycles. The van der Waals surface area contributed by atoms with E-state index in [0.29, 0.717) is 30.3 Å². The molecule has 138 valence electrons. The summed E-state index contributed by atoms with van der Waals surface area (Å²) in [6, 6.07) is 14.6. The maximum absolute atomic E-state index is 12.3. The van der Waals surface area contributed by atoms with Crippen molar-refractivity contribution >= 4 is 23.5 Å². The smallest absolute Gasteiger partial charge is 0.303 e. The van der Waals surface area contributed by atoms with Crippen LogP contribution in [0, 0.1) is 0 Å². The van der Waals surface area contributed by atoms with Crippen molar-refractivity contribution in [1.82, 2.24) is 5.32 Å². The average Bonchev–Trinajstić information content (AvgIpc) is 2.63. The number of carbonyl (C=O) groups is 2. The number of nitrogens with one attached hydrogen (secondary N) is 1. The summed E-state index contributed by atoms with van der Waals surface area (Å²) in [7, 11) is 0. The topological polar surface area (TPSA) is 75.6 Å². The summed E-state index contributed by atoms with van der Waals surface area (Å²) in [5.74, 6) is -0.503. The minimum atomic E-state index is -0.827. The van der Waals surface area contributed by atoms with E-state index in [1.54, 1.807) is 12.1 Å². The first-order valence-corrected chi connectivity index (χ1v) is 8.80. The molecule has 0 saturated heterocycles. The fourth-order valence-corrected chi connectivity index (χ4v) is 2.59. The highest BCUT2D eigenvalue weighted by atomic mass is 35.5. The number of hydrogen-bond donors (Lipinski definition) is 2. The highest BCUT2D eigenvalue weighted by Gasteiger charge is 2.15. The molecule has 0 bridgehead atoms. The second-order valence-corrected chi connectivity index (χ2v) is 6.42. The van der Waals surface area contributed by atoms with Crippen LogP contribution in [-0.4, -0.2) is 23.6 Å². The van der Waals surface area contributed by atoms with Crippen LogP contribution in [-0.2, 0) is 16.1 Å². The molecule has 26 heavy (non-hydrogen) atoms. The summed E-state index contributed by atoms with van der Waals surface area (Å²) in [5, 5.41) is 12.1. The van der Waals surface area contributed by atoms with Crippen LogP contribution in [0.2, 0.25) is 5.02 Å². The van der Waals surface area contributed by atoms with Crippen molar-refractivity contribution in [2.45, 2.75) is 32.2 Å². The van der Waals surface area contributed by atoms with Gasteiger partial charge in [-0.25, -0.2) is 0 Å². The van der Waals surface area contributed by atoms with Crippen molar-refractivity contribution in [2.75, 3.05) is 6.61 Å². The molecule has 1 amide bonds. The Morgan fingerprint density at radius 3 is 2.58 bits per heavy atom. The normalized spacial score (nSPS) is 11.6. The summed E-state index contributed by atoms with van der Waals surface area (Å²) in [6.07, 6.45) is 0.559. The molecular formula is C20H22ClNO4. The minimum Gasteiger partial charge on any atom is -0.494 e. The zero-order valence-corrected chi connectivity index (χ0v) is 15.3. The van der Waals surface area contributed by atoms with E-state index in [4.69, 9.17) is 21.4 Å². The number of aliphatic carboxylic acids is 1. The van der Waals surface area contributed by atoms with E-state index in [-0.39, 0.29) is 18.2 Å². The van der Waals surface area contributed by atoms with E-state index in [1.807, 2.05) is 43.3 Å². The summed E-state index contributed by atoms with van der Waals surface area (Å²) >= 11 is 5.97. The molecule has 2 aromatic carbocycles. The monoisotopic (exact) mass is 375 g/mol. The number of carboxylic acids is 1. The number of rotatable bonds is 9. The third-order valence-corrected chi connectivity index (χ3v) is 4.17. The van der Waals surface area contributed by atoms with Crippen molar-refractivity contribution < 1.29 is 19.4 Å². The maximum atomic E-state index is 12.3. The van der Waals surface area contributed by atoms with Gasteiger partial charge in [0.1, 0.15) is 5.75 Å². The maximum Gasteiger partial charge on any atom is 0.303 e. The van der Waals surface area contributed by atoms with E-state index in [1.165, 1.54) is 0 Å². The summed E-state index contributed by atoms with van der Waals surface area (Å²) < 4.78 is 5.48. The predicted octanol–water partition coefficient (Wildman–Crippen LogP) is 4.00. The molecule has 0 heterocycles. The molecule has 0 fully saturated rings. The molecule has 0 saturated carbocycles. The molecule has 2 rings (SSSR count). The summed E-state index contributed by atoms with van der Waals surface area (Å²) in [4.78, 5) is 22.7. The van der Waals surface area contributed by atoms with Crippen LogP contribution in [0.3, 0.4) is 0 Å². The first-order chi connectivity index (χ1) is 12.5. The van der Waals surface area contributed by atoms with Crippen molar-refractivity contribution in [1.29, 1.82) is 0 Å². The molecule has 6 heteroatoms. The summed E-state index contributed by atoms with van der Waals surface area (Å²) in [5.41, 5.74) is 1.83. The second kappa shape index (κ2) is 9.82. The zero-order valence-electron chi connectivity index (χ0n) is 14.6. The Balaban J connectivity index is 1.79. The van der Waals surface area contributed by atoms with Gasteiger partial charge >= 0.3 is 5.97 Å². The SMILES string of the molecule is CC(C(=O)NCc1ccc(OCCCC(=O)O)cc1)c1cccc(Cl)c1. The zero-order chi connectivity index (χ0) is 18.9. The van der Waals surface area contributed by atoms with Gasteiger partial charge in [0.15, 0.2) is 0 Å². The van der Waals surface area contributed by atoms with Gasteiger partial charge < -0.3 is 15.2 Å². The molecule has 0 spiro atoms. The number of carboxylic acid groups (broad SMARTS) is 1. The fourth-order valence-electron chi connectivity index (χ4n) is 2.39. The van der Waals surface area contributed by atoms with Crippen LogP contribution in [0.25, 0.3) is 0 Å². The lowest BCUT2D eigenvalue weighted by Gasteiger charge is -2.13. The Hall–Kier alpha value is -2.53. The van der Waals surface area contributed by atoms with E-state index < -0.39 is 5.97 Å². The Bertz CT molecular complexity index is 746. The lowest BCUT2D eigenvalue weighted by molar-refractivity contribution is -0.137. The Morgan fingerprint density at radius 2 is 1.92 bits per heavy atom. The molecule has 1 atom stereocenters. The molecule has 2 N–H and O–H groups in total. The quantitative estimate of drug-likeness (QED) is 0.649. The molecule has 0 aliphatic carbocycles. The van der Waals surface area contributed by atoms with Gasteiger partial charge in [0.2, 0.25) is 5.91 Å². The van der Waals surface area contributed by atoms with Crippen LogP contribution < -0.4 is 10.1 Å². The number of benzene rings is 2. The molecule has 5 nitrogen and oxygen atoms in total. The first-order valence-electron chi connectivity index (χ1n) is 8.42. The van der Waals surface area contributed by atoms with Gasteiger partial charge in [-0.2, -0.15) is 0 Å². The van der Waals surface area contributed by atoms with Crippen molar-refractivity contribution in [3.05, 3.63) is 64.7 Å². The van der Waals surface area contributed by atoms with Gasteiger partial charge in [0, 0.05) is 18.0 Å². The first kappa shape index (κ1) is 19.8. The fraction of sp³-hybridized carbons (Fsp3) is 0.300. The number of halogens is 1. The second-order valence-electron chi connectivity index (χ2n) is 5.98. The van der Waals surface area contributed by atoms with Gasteiger partial charge in [-0.05, 0) is 48.7 Å². The number of hydrogen-bond acceptors (Lipinski definition) is 3. The third-order valence-electron chi connectivity index (χ3n) is 3.94. The Labute approximate surface area is 157 Å². The number of ether oxygens (including phenoxy) is 1. The van der Waals surface area contributed by atoms with E-state index in [0.717, 1.165) is 11.1 Å². The van der Waals surface area contributed by atoms with Crippen LogP contribution in [0.5, 0.6) is 5.75 Å². The van der Waals surface area contributed by atoms with Gasteiger partial charge in [-0.3, -0.25) is 9.59 Å². The van der Waals surface area contributed by atoms with Crippen LogP contribution in [0.4, 0.5) is 0 Å². The van der Waals surface area contributed by atoms with Gasteiger partial charge in [0.25, 0.3) is 0 Å². The molecule has 0 aliphatic heterocycles. The van der Waals surface area contributed by atoms with E-state index in [2.05, 4.69) is 5.32 Å². The van der Waals surface area contributed by atoms with E-state index in [9.17, 15) is 9.59 Å². The van der Waals surface area contributed by atoms with Crippen LogP contribution in [0.1, 0.15) is 36.8 Å². The van der Waals surface area contributed by atoms with E-state index >= 15 is 0 Å². The molecule has 1 unspecified atom stereocenters. The lowest BCUT2D eigenvalue weighted by atomic mass is 10.0. The summed E-state index contributed by atoms with van der Waals surface area (Å²) in [6.45, 7) is 2.62. The lowest BCUT2D eigenvalue weighted by Crippen LogP contribution is -2.27. The Kier molecular flexibility index (Phi) is 7.48. The van der Waals surface area contributed by atoms with Crippen LogP contribution >= 0.6 is 11.6 Å². The predicted molar refractivity (Wildman–Crippen MR) is 101 cm³/mol. The largest absolute Gasteiger partial charge is 0.494 e. The molecule has 2 aromatic rings. The van der Waals surface area contributed by atoms with Crippen molar-refractivity contribution in [3.63, 3.8) is 0 Å². The van der Waals surface area contributed by atoms with Gasteiger partial charge in [-0.1, -0.05) is 35.9 Å². The van der Waals surface area contributed by atoms with Gasteiger partial charge in [-0.15, -0.1) is 0 Å². The van der Waals surface area contributed by atoms with Crippen molar-refractivity contribution in [3.8, 4) is 5.75 Å². The highest BCUT2D eigenvalue weighted by molar-refractivity contribution is 6.30. The molecular weight excluding hydrogens is 354 g/mol. The van der Waals surface area contributed by atoms with Gasteiger partial charge in [0.05, 0.1) is 12.5 Å².